The fourth-order valence-electron chi connectivity index (χ4n) is 3.17. The van der Waals surface area contributed by atoms with E-state index < -0.39 is 11.8 Å². The Morgan fingerprint density at radius 1 is 0.871 bits per heavy atom. The van der Waals surface area contributed by atoms with Crippen LogP contribution in [0.15, 0.2) is 60.7 Å². The normalized spacial score (nSPS) is 11.6. The van der Waals surface area contributed by atoms with Gasteiger partial charge >= 0.3 is 0 Å². The van der Waals surface area contributed by atoms with Gasteiger partial charge in [0.25, 0.3) is 5.91 Å². The molecular weight excluding hydrogens is 437 g/mol. The van der Waals surface area contributed by atoms with Crippen LogP contribution in [0.4, 0.5) is 0 Å². The molecule has 0 saturated heterocycles. The molecule has 3 N–H and O–H groups in total. The van der Waals surface area contributed by atoms with Crippen LogP contribution in [0.2, 0.25) is 10.0 Å². The van der Waals surface area contributed by atoms with Crippen molar-refractivity contribution in [1.82, 2.24) is 16.0 Å². The molecule has 0 aromatic heterocycles. The predicted molar refractivity (Wildman–Crippen MR) is 122 cm³/mol. The van der Waals surface area contributed by atoms with Crippen molar-refractivity contribution in [2.75, 3.05) is 13.1 Å². The topological polar surface area (TPSA) is 87.3 Å². The summed E-state index contributed by atoms with van der Waals surface area (Å²) in [5.41, 5.74) is 1.20. The first-order chi connectivity index (χ1) is 14.8. The van der Waals surface area contributed by atoms with Crippen LogP contribution >= 0.6 is 23.2 Å². The van der Waals surface area contributed by atoms with Gasteiger partial charge in [-0.2, -0.15) is 0 Å². The van der Waals surface area contributed by atoms with Crippen LogP contribution < -0.4 is 16.0 Å². The Morgan fingerprint density at radius 3 is 2.35 bits per heavy atom. The van der Waals surface area contributed by atoms with Gasteiger partial charge in [0.1, 0.15) is 0 Å². The highest BCUT2D eigenvalue weighted by Crippen LogP contribution is 2.24. The Morgan fingerprint density at radius 2 is 1.58 bits per heavy atom. The summed E-state index contributed by atoms with van der Waals surface area (Å²) in [5.74, 6) is -1.34. The summed E-state index contributed by atoms with van der Waals surface area (Å²) in [4.78, 5) is 36.4. The number of hydrogen-bond donors (Lipinski definition) is 3. The zero-order chi connectivity index (χ0) is 22.4. The third-order valence-corrected chi connectivity index (χ3v) is 5.25. The molecule has 0 saturated carbocycles. The van der Waals surface area contributed by atoms with Gasteiger partial charge in [-0.15, -0.1) is 0 Å². The van der Waals surface area contributed by atoms with E-state index in [1.807, 2.05) is 49.4 Å². The third kappa shape index (κ3) is 5.96. The maximum absolute atomic E-state index is 12.3. The maximum Gasteiger partial charge on any atom is 0.253 e. The fraction of sp³-hybridized carbons (Fsp3) is 0.174. The Balaban J connectivity index is 1.47. The Kier molecular flexibility index (Phi) is 7.50. The minimum atomic E-state index is -0.508. The third-order valence-electron chi connectivity index (χ3n) is 4.70. The summed E-state index contributed by atoms with van der Waals surface area (Å²) >= 11 is 11.8. The van der Waals surface area contributed by atoms with Crippen molar-refractivity contribution < 1.29 is 14.4 Å². The van der Waals surface area contributed by atoms with Gasteiger partial charge in [0, 0.05) is 5.02 Å². The first kappa shape index (κ1) is 22.6. The molecule has 3 amide bonds. The van der Waals surface area contributed by atoms with E-state index in [4.69, 9.17) is 23.2 Å². The van der Waals surface area contributed by atoms with E-state index in [0.29, 0.717) is 5.02 Å². The summed E-state index contributed by atoms with van der Waals surface area (Å²) in [6.07, 6.45) is 0. The van der Waals surface area contributed by atoms with Crippen molar-refractivity contribution in [2.45, 2.75) is 13.0 Å². The monoisotopic (exact) mass is 457 g/mol. The van der Waals surface area contributed by atoms with Crippen LogP contribution in [0.25, 0.3) is 10.8 Å². The van der Waals surface area contributed by atoms with Crippen LogP contribution in [0.5, 0.6) is 0 Å². The van der Waals surface area contributed by atoms with Gasteiger partial charge in [-0.25, -0.2) is 0 Å². The number of rotatable bonds is 7. The molecule has 0 spiro atoms. The average Bonchev–Trinajstić information content (AvgIpc) is 2.75. The van der Waals surface area contributed by atoms with Gasteiger partial charge in [0.2, 0.25) is 11.8 Å². The lowest BCUT2D eigenvalue weighted by atomic mass is 10.00. The second kappa shape index (κ2) is 10.3. The minimum Gasteiger partial charge on any atom is -0.348 e. The fourth-order valence-corrected chi connectivity index (χ4v) is 3.66. The molecule has 3 aromatic carbocycles. The molecule has 0 bridgehead atoms. The van der Waals surface area contributed by atoms with Gasteiger partial charge in [-0.05, 0) is 41.5 Å². The highest BCUT2D eigenvalue weighted by Gasteiger charge is 2.15. The first-order valence-corrected chi connectivity index (χ1v) is 10.4. The van der Waals surface area contributed by atoms with E-state index in [9.17, 15) is 14.4 Å². The number of benzene rings is 3. The number of carbonyl (C=O) groups is 3. The van der Waals surface area contributed by atoms with E-state index in [1.54, 1.807) is 0 Å². The summed E-state index contributed by atoms with van der Waals surface area (Å²) in [5, 5.41) is 10.6. The van der Waals surface area contributed by atoms with Crippen molar-refractivity contribution in [1.29, 1.82) is 0 Å². The molecule has 160 valence electrons. The first-order valence-electron chi connectivity index (χ1n) is 9.62. The molecule has 0 radical (unpaired) electrons. The molecule has 0 aliphatic carbocycles. The Labute approximate surface area is 189 Å². The van der Waals surface area contributed by atoms with Gasteiger partial charge in [-0.1, -0.05) is 65.7 Å². The molecular formula is C23H21Cl2N3O3. The largest absolute Gasteiger partial charge is 0.348 e. The lowest BCUT2D eigenvalue weighted by molar-refractivity contribution is -0.125. The van der Waals surface area contributed by atoms with Gasteiger partial charge in [0.15, 0.2) is 0 Å². The van der Waals surface area contributed by atoms with Crippen molar-refractivity contribution in [2.24, 2.45) is 0 Å². The molecule has 0 fully saturated rings. The molecule has 3 rings (SSSR count). The zero-order valence-electron chi connectivity index (χ0n) is 16.7. The molecule has 1 atom stereocenters. The summed E-state index contributed by atoms with van der Waals surface area (Å²) < 4.78 is 0. The molecule has 0 aliphatic heterocycles. The van der Waals surface area contributed by atoms with E-state index in [0.717, 1.165) is 16.3 Å². The van der Waals surface area contributed by atoms with E-state index >= 15 is 0 Å². The zero-order valence-corrected chi connectivity index (χ0v) is 18.3. The smallest absolute Gasteiger partial charge is 0.253 e. The lowest BCUT2D eigenvalue weighted by Gasteiger charge is -2.17. The molecule has 0 aliphatic rings. The number of halogens is 2. The molecule has 1 unspecified atom stereocenters. The van der Waals surface area contributed by atoms with Crippen molar-refractivity contribution in [3.8, 4) is 0 Å². The van der Waals surface area contributed by atoms with Gasteiger partial charge in [0.05, 0.1) is 29.7 Å². The van der Waals surface area contributed by atoms with Gasteiger partial charge in [-0.3, -0.25) is 14.4 Å². The number of fused-ring (bicyclic) bond motifs is 1. The van der Waals surface area contributed by atoms with Crippen molar-refractivity contribution in [3.63, 3.8) is 0 Å². The van der Waals surface area contributed by atoms with Crippen LogP contribution in [0.3, 0.4) is 0 Å². The second-order valence-corrected chi connectivity index (χ2v) is 7.78. The Bertz CT molecular complexity index is 1130. The standard InChI is InChI=1S/C23H21Cl2N3O3/c1-14(17-8-4-6-15-5-2-3-7-18(15)17)28-22(30)13-26-21(29)12-27-23(31)19-10-9-16(24)11-20(19)25/h2-11,14H,12-13H2,1H3,(H,26,29)(H,27,31)(H,28,30). The van der Waals surface area contributed by atoms with E-state index in [2.05, 4.69) is 16.0 Å². The van der Waals surface area contributed by atoms with Crippen LogP contribution in [0, 0.1) is 0 Å². The SMILES string of the molecule is CC(NC(=O)CNC(=O)CNC(=O)c1ccc(Cl)cc1Cl)c1cccc2ccccc12. The van der Waals surface area contributed by atoms with E-state index in [1.165, 1.54) is 18.2 Å². The van der Waals surface area contributed by atoms with Crippen LogP contribution in [-0.4, -0.2) is 30.8 Å². The van der Waals surface area contributed by atoms with E-state index in [-0.39, 0.29) is 35.6 Å². The highest BCUT2D eigenvalue weighted by molar-refractivity contribution is 6.36. The average molecular weight is 458 g/mol. The molecule has 8 heteroatoms. The summed E-state index contributed by atoms with van der Waals surface area (Å²) in [6.45, 7) is 1.40. The molecule has 3 aromatic rings. The number of nitrogens with one attached hydrogen (secondary N) is 3. The summed E-state index contributed by atoms with van der Waals surface area (Å²) in [6, 6.07) is 18.1. The Hall–Kier alpha value is -3.09. The molecule has 31 heavy (non-hydrogen) atoms. The van der Waals surface area contributed by atoms with Crippen molar-refractivity contribution >= 4 is 51.7 Å². The minimum absolute atomic E-state index is 0.187. The predicted octanol–water partition coefficient (Wildman–Crippen LogP) is 3.87. The summed E-state index contributed by atoms with van der Waals surface area (Å²) in [7, 11) is 0. The number of hydrogen-bond acceptors (Lipinski definition) is 3. The number of carbonyl (C=O) groups excluding carboxylic acids is 3. The highest BCUT2D eigenvalue weighted by atomic mass is 35.5. The van der Waals surface area contributed by atoms with Crippen molar-refractivity contribution in [3.05, 3.63) is 81.8 Å². The molecule has 6 nitrogen and oxygen atoms in total. The van der Waals surface area contributed by atoms with Gasteiger partial charge < -0.3 is 16.0 Å². The van der Waals surface area contributed by atoms with Crippen LogP contribution in [-0.2, 0) is 9.59 Å². The number of amides is 3. The second-order valence-electron chi connectivity index (χ2n) is 6.94. The van der Waals surface area contributed by atoms with Crippen LogP contribution in [0.1, 0.15) is 28.9 Å². The lowest BCUT2D eigenvalue weighted by Crippen LogP contribution is -2.42. The quantitative estimate of drug-likeness (QED) is 0.503. The molecule has 0 heterocycles. The maximum atomic E-state index is 12.3.